The van der Waals surface area contributed by atoms with Crippen molar-refractivity contribution in [2.24, 2.45) is 11.7 Å². The maximum atomic E-state index is 15.3. The van der Waals surface area contributed by atoms with Gasteiger partial charge in [0, 0.05) is 49.2 Å². The Bertz CT molecular complexity index is 1620. The summed E-state index contributed by atoms with van der Waals surface area (Å²) in [7, 11) is 1.32. The molecule has 1 aliphatic carbocycles. The number of piperidine rings is 1. The lowest BCUT2D eigenvalue weighted by Crippen LogP contribution is -2.62. The molecule has 1 aromatic carbocycles. The van der Waals surface area contributed by atoms with Gasteiger partial charge in [-0.1, -0.05) is 6.92 Å². The summed E-state index contributed by atoms with van der Waals surface area (Å²) >= 11 is 0. The van der Waals surface area contributed by atoms with Crippen molar-refractivity contribution in [2.75, 3.05) is 25.1 Å². The third-order valence-electron chi connectivity index (χ3n) is 8.72. The molecule has 0 radical (unpaired) electrons. The number of anilines is 1. The van der Waals surface area contributed by atoms with E-state index in [0.717, 1.165) is 23.4 Å². The van der Waals surface area contributed by atoms with E-state index < -0.39 is 23.4 Å². The summed E-state index contributed by atoms with van der Waals surface area (Å²) in [6.45, 7) is 3.15. The highest BCUT2D eigenvalue weighted by molar-refractivity contribution is 5.68. The van der Waals surface area contributed by atoms with E-state index >= 15 is 13.2 Å². The number of alkyl halides is 1. The van der Waals surface area contributed by atoms with Crippen LogP contribution in [0.5, 0.6) is 0 Å². The highest BCUT2D eigenvalue weighted by Gasteiger charge is 2.37. The first-order valence-corrected chi connectivity index (χ1v) is 14.5. The highest BCUT2D eigenvalue weighted by Crippen LogP contribution is 2.43. The van der Waals surface area contributed by atoms with Crippen LogP contribution in [0.2, 0.25) is 0 Å². The zero-order chi connectivity index (χ0) is 30.3. The molecule has 12 heteroatoms. The van der Waals surface area contributed by atoms with Crippen molar-refractivity contribution in [3.63, 3.8) is 0 Å². The van der Waals surface area contributed by atoms with Gasteiger partial charge in [0.1, 0.15) is 23.1 Å². The van der Waals surface area contributed by atoms with Crippen molar-refractivity contribution in [1.82, 2.24) is 24.9 Å². The largest absolute Gasteiger partial charge is 0.453 e. The van der Waals surface area contributed by atoms with Crippen molar-refractivity contribution in [3.05, 3.63) is 77.5 Å². The number of carbonyl (C=O) groups excluding carboxylic acids is 1. The van der Waals surface area contributed by atoms with Gasteiger partial charge in [-0.3, -0.25) is 4.98 Å². The zero-order valence-corrected chi connectivity index (χ0v) is 24.1. The minimum Gasteiger partial charge on any atom is -0.453 e. The number of hydrogen-bond donors (Lipinski definition) is 2. The quantitative estimate of drug-likeness (QED) is 0.327. The second-order valence-corrected chi connectivity index (χ2v) is 11.6. The van der Waals surface area contributed by atoms with Crippen LogP contribution in [0.4, 0.5) is 23.7 Å². The first-order chi connectivity index (χ1) is 20.7. The van der Waals surface area contributed by atoms with Gasteiger partial charge in [-0.2, -0.15) is 5.10 Å². The van der Waals surface area contributed by atoms with Gasteiger partial charge < -0.3 is 20.7 Å². The van der Waals surface area contributed by atoms with Gasteiger partial charge in [0.2, 0.25) is 0 Å². The first kappa shape index (κ1) is 28.9. The molecular formula is C31H34F3N7O2. The Morgan fingerprint density at radius 1 is 1.14 bits per heavy atom. The number of nitrogens with zero attached hydrogens (tertiary/aromatic N) is 5. The third kappa shape index (κ3) is 5.51. The molecule has 3 atom stereocenters. The number of fused-ring (bicyclic) bond motifs is 1. The molecule has 1 saturated heterocycles. The lowest BCUT2D eigenvalue weighted by atomic mass is 9.89. The molecule has 2 fully saturated rings. The van der Waals surface area contributed by atoms with E-state index in [2.05, 4.69) is 25.3 Å². The maximum absolute atomic E-state index is 15.3. The molecule has 2 aliphatic rings. The molecule has 1 amide bonds. The number of carbonyl (C=O) groups is 1. The number of imidazole rings is 1. The van der Waals surface area contributed by atoms with Gasteiger partial charge in [-0.25, -0.2) is 27.5 Å². The van der Waals surface area contributed by atoms with E-state index in [-0.39, 0.29) is 47.7 Å². The molecule has 1 saturated carbocycles. The number of ether oxygens (including phenoxy) is 1. The van der Waals surface area contributed by atoms with Crippen LogP contribution in [0.1, 0.15) is 49.6 Å². The van der Waals surface area contributed by atoms with E-state index in [9.17, 15) is 4.79 Å². The number of hydrogen-bond acceptors (Lipinski definition) is 7. The predicted octanol–water partition coefficient (Wildman–Crippen LogP) is 4.91. The van der Waals surface area contributed by atoms with Crippen LogP contribution in [0.15, 0.2) is 48.9 Å². The molecule has 6 rings (SSSR count). The summed E-state index contributed by atoms with van der Waals surface area (Å²) in [6.07, 6.45) is 6.84. The number of methoxy groups -OCH3 is 1. The number of nitrogens with one attached hydrogen (secondary N) is 1. The number of pyridine rings is 1. The van der Waals surface area contributed by atoms with Crippen molar-refractivity contribution in [2.45, 2.75) is 56.8 Å². The van der Waals surface area contributed by atoms with Crippen molar-refractivity contribution >= 4 is 17.3 Å². The monoisotopic (exact) mass is 593 g/mol. The molecule has 0 unspecified atom stereocenters. The normalized spacial score (nSPS) is 21.7. The molecule has 3 aromatic heterocycles. The number of amides is 1. The maximum Gasteiger partial charge on any atom is 0.407 e. The van der Waals surface area contributed by atoms with Crippen molar-refractivity contribution in [1.29, 1.82) is 0 Å². The Hall–Kier alpha value is -4.19. The Balaban J connectivity index is 1.28. The summed E-state index contributed by atoms with van der Waals surface area (Å²) in [5, 5.41) is 7.39. The minimum absolute atomic E-state index is 0.0383. The van der Waals surface area contributed by atoms with Crippen LogP contribution in [0, 0.1) is 17.6 Å². The molecule has 9 nitrogen and oxygen atoms in total. The van der Waals surface area contributed by atoms with E-state index in [0.29, 0.717) is 43.7 Å². The van der Waals surface area contributed by atoms with Crippen LogP contribution >= 0.6 is 0 Å². The molecule has 43 heavy (non-hydrogen) atoms. The van der Waals surface area contributed by atoms with Gasteiger partial charge in [-0.05, 0) is 67.5 Å². The Morgan fingerprint density at radius 2 is 1.88 bits per heavy atom. The van der Waals surface area contributed by atoms with Gasteiger partial charge >= 0.3 is 6.09 Å². The number of benzene rings is 1. The fourth-order valence-corrected chi connectivity index (χ4v) is 6.49. The molecule has 1 aliphatic heterocycles. The predicted molar refractivity (Wildman–Crippen MR) is 155 cm³/mol. The average Bonchev–Trinajstić information content (AvgIpc) is 3.61. The molecule has 226 valence electrons. The second kappa shape index (κ2) is 11.5. The van der Waals surface area contributed by atoms with E-state index in [1.54, 1.807) is 29.2 Å². The molecule has 0 spiro atoms. The van der Waals surface area contributed by atoms with E-state index in [1.165, 1.54) is 13.2 Å². The smallest absolute Gasteiger partial charge is 0.407 e. The van der Waals surface area contributed by atoms with Crippen molar-refractivity contribution < 1.29 is 22.7 Å². The van der Waals surface area contributed by atoms with E-state index in [1.807, 2.05) is 13.0 Å². The summed E-state index contributed by atoms with van der Waals surface area (Å²) in [5.41, 5.74) is 7.02. The van der Waals surface area contributed by atoms with Crippen molar-refractivity contribution in [3.8, 4) is 11.3 Å². The Kier molecular flexibility index (Phi) is 7.72. The summed E-state index contributed by atoms with van der Waals surface area (Å²) in [6, 6.07) is 6.76. The minimum atomic E-state index is -1.70. The highest BCUT2D eigenvalue weighted by atomic mass is 19.1. The fourth-order valence-electron chi connectivity index (χ4n) is 6.49. The summed E-state index contributed by atoms with van der Waals surface area (Å²) in [4.78, 5) is 22.8. The van der Waals surface area contributed by atoms with E-state index in [4.69, 9.17) is 10.5 Å². The van der Waals surface area contributed by atoms with Gasteiger partial charge in [0.25, 0.3) is 0 Å². The molecule has 4 heterocycles. The third-order valence-corrected chi connectivity index (χ3v) is 8.72. The van der Waals surface area contributed by atoms with Crippen LogP contribution < -0.4 is 16.0 Å². The number of rotatable bonds is 6. The van der Waals surface area contributed by atoms with Crippen LogP contribution in [0.3, 0.4) is 0 Å². The Morgan fingerprint density at radius 3 is 2.58 bits per heavy atom. The van der Waals surface area contributed by atoms with Gasteiger partial charge in [0.05, 0.1) is 36.1 Å². The lowest BCUT2D eigenvalue weighted by Gasteiger charge is -2.42. The zero-order valence-electron chi connectivity index (χ0n) is 24.1. The lowest BCUT2D eigenvalue weighted by molar-refractivity contribution is 0.156. The second-order valence-electron chi connectivity index (χ2n) is 11.6. The van der Waals surface area contributed by atoms with Crippen LogP contribution in [-0.2, 0) is 16.8 Å². The Labute approximate surface area is 247 Å². The van der Waals surface area contributed by atoms with Crippen LogP contribution in [-0.4, -0.2) is 58.0 Å². The molecule has 4 aromatic rings. The van der Waals surface area contributed by atoms with Gasteiger partial charge in [0.15, 0.2) is 0 Å². The first-order valence-electron chi connectivity index (χ1n) is 14.5. The topological polar surface area (TPSA) is 111 Å². The molecule has 0 bridgehead atoms. The van der Waals surface area contributed by atoms with Gasteiger partial charge in [-0.15, -0.1) is 0 Å². The number of alkyl carbamates (subject to hydrolysis) is 1. The SMILES string of the molecule is COC(=O)N[C@@H]1[C@H](N)CN(c2ccncc2Cc2ncc3ccc(-c4c(F)cc(C5(F)CCCC5)cc4F)nn23)C[C@@H]1C. The summed E-state index contributed by atoms with van der Waals surface area (Å²) in [5.74, 6) is -1.11. The number of halogens is 3. The number of aromatic nitrogens is 4. The fraction of sp³-hybridized carbons (Fsp3) is 0.419. The molecule has 3 N–H and O–H groups in total. The van der Waals surface area contributed by atoms with Crippen LogP contribution in [0.25, 0.3) is 16.8 Å². The summed E-state index contributed by atoms with van der Waals surface area (Å²) < 4.78 is 52.2. The number of nitrogens with two attached hydrogens (primary N) is 1. The molecular weight excluding hydrogens is 559 g/mol. The average molecular weight is 594 g/mol. The standard InChI is InChI=1S/C31H34F3N7O2/c1-18-16-40(17-24(35)29(18)38-30(42)43-2)26-7-10-36-14-19(26)11-27-37-15-21-5-6-25(39-41(21)27)28-22(32)12-20(13-23(28)33)31(34)8-3-4-9-31/h5-7,10,12-15,18,24,29H,3-4,8-9,11,16-17,35H2,1-2H3,(H,38,42)/t18-,24+,29-/m0/s1.